The van der Waals surface area contributed by atoms with Crippen LogP contribution in [0.1, 0.15) is 48.7 Å². The molecule has 3 heterocycles. The van der Waals surface area contributed by atoms with Crippen LogP contribution in [0.25, 0.3) is 0 Å². The van der Waals surface area contributed by atoms with Gasteiger partial charge >= 0.3 is 0 Å². The number of benzene rings is 1. The Morgan fingerprint density at radius 1 is 1.23 bits per heavy atom. The lowest BCUT2D eigenvalue weighted by Crippen LogP contribution is -2.50. The van der Waals surface area contributed by atoms with Gasteiger partial charge in [-0.25, -0.2) is 0 Å². The first-order chi connectivity index (χ1) is 14.6. The molecule has 1 amide bonds. The van der Waals surface area contributed by atoms with Crippen molar-refractivity contribution in [2.24, 2.45) is 0 Å². The normalized spacial score (nSPS) is 20.5. The van der Waals surface area contributed by atoms with E-state index >= 15 is 0 Å². The molecule has 6 nitrogen and oxygen atoms in total. The van der Waals surface area contributed by atoms with Crippen molar-refractivity contribution in [3.8, 4) is 5.75 Å². The molecule has 162 valence electrons. The molecular formula is C24H32N2O4. The van der Waals surface area contributed by atoms with Crippen LogP contribution in [0.4, 0.5) is 0 Å². The van der Waals surface area contributed by atoms with Gasteiger partial charge in [-0.05, 0) is 49.9 Å². The maximum Gasteiger partial charge on any atom is 0.220 e. The predicted molar refractivity (Wildman–Crippen MR) is 115 cm³/mol. The van der Waals surface area contributed by atoms with Crippen LogP contribution in [0.15, 0.2) is 40.8 Å². The molecule has 2 aliphatic heterocycles. The van der Waals surface area contributed by atoms with Gasteiger partial charge in [0, 0.05) is 39.1 Å². The maximum absolute atomic E-state index is 12.5. The first-order valence-electron chi connectivity index (χ1n) is 10.9. The lowest BCUT2D eigenvalue weighted by atomic mass is 9.76. The third-order valence-electron chi connectivity index (χ3n) is 6.31. The highest BCUT2D eigenvalue weighted by atomic mass is 16.5. The van der Waals surface area contributed by atoms with Gasteiger partial charge in [0.15, 0.2) is 0 Å². The number of ether oxygens (including phenoxy) is 2. The van der Waals surface area contributed by atoms with E-state index < -0.39 is 0 Å². The number of rotatable bonds is 7. The SMILES string of the molecule is COCCNC(=O)C[C@H]1CC2(CCN(Cc3ccc(C)o3)CC2)Oc2ccccc21. The summed E-state index contributed by atoms with van der Waals surface area (Å²) in [6.07, 6.45) is 3.29. The molecule has 4 rings (SSSR count). The Morgan fingerprint density at radius 2 is 2.03 bits per heavy atom. The van der Waals surface area contributed by atoms with Gasteiger partial charge in [0.25, 0.3) is 0 Å². The van der Waals surface area contributed by atoms with Gasteiger partial charge in [-0.2, -0.15) is 0 Å². The number of furan rings is 1. The summed E-state index contributed by atoms with van der Waals surface area (Å²) in [6.45, 7) is 5.83. The van der Waals surface area contributed by atoms with Crippen LogP contribution in [-0.4, -0.2) is 49.8 Å². The molecule has 1 saturated heterocycles. The van der Waals surface area contributed by atoms with Crippen LogP contribution in [0.2, 0.25) is 0 Å². The Hall–Kier alpha value is -2.31. The van der Waals surface area contributed by atoms with Gasteiger partial charge in [0.1, 0.15) is 22.9 Å². The average Bonchev–Trinajstić information content (AvgIpc) is 3.15. The van der Waals surface area contributed by atoms with Crippen molar-refractivity contribution in [2.75, 3.05) is 33.4 Å². The minimum atomic E-state index is -0.193. The Bertz CT molecular complexity index is 854. The number of nitrogens with one attached hydrogen (secondary N) is 1. The topological polar surface area (TPSA) is 63.9 Å². The number of amides is 1. The number of piperidine rings is 1. The highest BCUT2D eigenvalue weighted by Gasteiger charge is 2.43. The van der Waals surface area contributed by atoms with Crippen LogP contribution < -0.4 is 10.1 Å². The molecule has 0 radical (unpaired) electrons. The molecule has 30 heavy (non-hydrogen) atoms. The first-order valence-corrected chi connectivity index (χ1v) is 10.9. The Morgan fingerprint density at radius 3 is 2.77 bits per heavy atom. The number of fused-ring (bicyclic) bond motifs is 1. The van der Waals surface area contributed by atoms with Gasteiger partial charge in [0.2, 0.25) is 5.91 Å². The standard InChI is InChI=1S/C24H32N2O4/c1-18-7-8-20(29-18)17-26-12-9-24(10-13-26)16-19(15-23(27)25-11-14-28-2)21-5-3-4-6-22(21)30-24/h3-8,19H,9-17H2,1-2H3,(H,25,27)/t19-/m0/s1. The average molecular weight is 413 g/mol. The Labute approximate surface area is 178 Å². The first kappa shape index (κ1) is 20.9. The molecule has 0 unspecified atom stereocenters. The maximum atomic E-state index is 12.5. The van der Waals surface area contributed by atoms with E-state index in [-0.39, 0.29) is 17.4 Å². The summed E-state index contributed by atoms with van der Waals surface area (Å²) in [5.41, 5.74) is 0.958. The molecule has 1 fully saturated rings. The van der Waals surface area contributed by atoms with Gasteiger partial charge in [-0.15, -0.1) is 0 Å². The number of hydrogen-bond acceptors (Lipinski definition) is 5. The van der Waals surface area contributed by atoms with Crippen LogP contribution in [0.5, 0.6) is 5.75 Å². The highest BCUT2D eigenvalue weighted by Crippen LogP contribution is 2.46. The molecule has 0 aliphatic carbocycles. The van der Waals surface area contributed by atoms with Crippen molar-refractivity contribution in [2.45, 2.75) is 50.7 Å². The zero-order chi connectivity index (χ0) is 21.0. The molecule has 1 spiro atoms. The van der Waals surface area contributed by atoms with E-state index in [1.165, 1.54) is 0 Å². The fourth-order valence-electron chi connectivity index (χ4n) is 4.73. The molecule has 0 bridgehead atoms. The minimum Gasteiger partial charge on any atom is -0.487 e. The summed E-state index contributed by atoms with van der Waals surface area (Å²) in [6, 6.07) is 12.3. The zero-order valence-corrected chi connectivity index (χ0v) is 18.0. The molecular weight excluding hydrogens is 380 g/mol. The van der Waals surface area contributed by atoms with E-state index in [0.717, 1.165) is 61.7 Å². The van der Waals surface area contributed by atoms with Crippen molar-refractivity contribution < 1.29 is 18.7 Å². The van der Waals surface area contributed by atoms with Crippen LogP contribution in [-0.2, 0) is 16.1 Å². The summed E-state index contributed by atoms with van der Waals surface area (Å²) >= 11 is 0. The second-order valence-corrected chi connectivity index (χ2v) is 8.56. The minimum absolute atomic E-state index is 0.0783. The molecule has 1 atom stereocenters. The zero-order valence-electron chi connectivity index (χ0n) is 18.0. The van der Waals surface area contributed by atoms with Gasteiger partial charge < -0.3 is 19.2 Å². The second-order valence-electron chi connectivity index (χ2n) is 8.56. The van der Waals surface area contributed by atoms with Crippen molar-refractivity contribution >= 4 is 5.91 Å². The van der Waals surface area contributed by atoms with Gasteiger partial charge in [-0.3, -0.25) is 9.69 Å². The fourth-order valence-corrected chi connectivity index (χ4v) is 4.73. The summed E-state index contributed by atoms with van der Waals surface area (Å²) in [5, 5.41) is 2.97. The van der Waals surface area contributed by atoms with E-state index in [0.29, 0.717) is 19.6 Å². The second kappa shape index (κ2) is 9.23. The van der Waals surface area contributed by atoms with Gasteiger partial charge in [-0.1, -0.05) is 18.2 Å². The Balaban J connectivity index is 1.41. The lowest BCUT2D eigenvalue weighted by molar-refractivity contribution is -0.122. The molecule has 2 aromatic rings. The number of para-hydroxylation sites is 1. The van der Waals surface area contributed by atoms with Crippen molar-refractivity contribution in [3.63, 3.8) is 0 Å². The number of hydrogen-bond donors (Lipinski definition) is 1. The Kier molecular flexibility index (Phi) is 6.44. The fraction of sp³-hybridized carbons (Fsp3) is 0.542. The van der Waals surface area contributed by atoms with E-state index in [4.69, 9.17) is 13.9 Å². The van der Waals surface area contributed by atoms with Gasteiger partial charge in [0.05, 0.1) is 13.2 Å². The van der Waals surface area contributed by atoms with E-state index in [2.05, 4.69) is 22.3 Å². The molecule has 2 aliphatic rings. The lowest BCUT2D eigenvalue weighted by Gasteiger charge is -2.46. The van der Waals surface area contributed by atoms with Crippen molar-refractivity contribution in [3.05, 3.63) is 53.5 Å². The van der Waals surface area contributed by atoms with Crippen LogP contribution in [0.3, 0.4) is 0 Å². The molecule has 6 heteroatoms. The predicted octanol–water partition coefficient (Wildman–Crippen LogP) is 3.64. The van der Waals surface area contributed by atoms with E-state index in [1.807, 2.05) is 31.2 Å². The number of methoxy groups -OCH3 is 1. The van der Waals surface area contributed by atoms with Crippen LogP contribution in [0, 0.1) is 6.92 Å². The van der Waals surface area contributed by atoms with Crippen LogP contribution >= 0.6 is 0 Å². The summed E-state index contributed by atoms with van der Waals surface area (Å²) in [7, 11) is 1.64. The summed E-state index contributed by atoms with van der Waals surface area (Å²) < 4.78 is 17.4. The van der Waals surface area contributed by atoms with E-state index in [1.54, 1.807) is 7.11 Å². The van der Waals surface area contributed by atoms with Crippen molar-refractivity contribution in [1.82, 2.24) is 10.2 Å². The molecule has 1 aromatic heterocycles. The summed E-state index contributed by atoms with van der Waals surface area (Å²) in [5.74, 6) is 3.17. The monoisotopic (exact) mass is 412 g/mol. The number of nitrogens with zero attached hydrogens (tertiary/aromatic N) is 1. The van der Waals surface area contributed by atoms with Crippen molar-refractivity contribution in [1.29, 1.82) is 0 Å². The summed E-state index contributed by atoms with van der Waals surface area (Å²) in [4.78, 5) is 14.9. The number of carbonyl (C=O) groups is 1. The highest BCUT2D eigenvalue weighted by molar-refractivity contribution is 5.77. The molecule has 0 saturated carbocycles. The third-order valence-corrected chi connectivity index (χ3v) is 6.31. The quantitative estimate of drug-likeness (QED) is 0.704. The molecule has 1 aromatic carbocycles. The van der Waals surface area contributed by atoms with E-state index in [9.17, 15) is 4.79 Å². The number of carbonyl (C=O) groups excluding carboxylic acids is 1. The number of likely N-dealkylation sites (tertiary alicyclic amines) is 1. The number of aryl methyl sites for hydroxylation is 1. The largest absolute Gasteiger partial charge is 0.487 e. The smallest absolute Gasteiger partial charge is 0.220 e. The third kappa shape index (κ3) is 4.87. The molecule has 1 N–H and O–H groups in total.